The molecule has 3 heterocycles. The number of nitrogen functional groups attached to an aromatic ring is 1. The smallest absolute Gasteiger partial charge is 0.206 e. The molecule has 2 aliphatic rings. The molecular weight excluding hydrogens is 456 g/mol. The molecule has 0 saturated carbocycles. The van der Waals surface area contributed by atoms with Crippen molar-refractivity contribution >= 4 is 33.8 Å². The molecule has 0 spiro atoms. The molecule has 0 bridgehead atoms. The van der Waals surface area contributed by atoms with E-state index < -0.39 is 0 Å². The third-order valence-electron chi connectivity index (χ3n) is 5.55. The Morgan fingerprint density at radius 3 is 2.62 bits per heavy atom. The first kappa shape index (κ1) is 22.5. The van der Waals surface area contributed by atoms with Gasteiger partial charge in [0.05, 0.1) is 13.2 Å². The number of ether oxygens (including phenoxy) is 4. The molecule has 5 rings (SSSR count). The lowest BCUT2D eigenvalue weighted by molar-refractivity contribution is 0.0322. The van der Waals surface area contributed by atoms with Crippen LogP contribution in [0.4, 0.5) is 16.6 Å². The number of nitrogens with two attached hydrogens (primary N) is 1. The summed E-state index contributed by atoms with van der Waals surface area (Å²) in [6.45, 7) is 5.92. The van der Waals surface area contributed by atoms with E-state index in [9.17, 15) is 4.79 Å². The number of nitrogens with one attached hydrogen (secondary N) is 1. The highest BCUT2D eigenvalue weighted by molar-refractivity contribution is 7.18. The first-order valence-corrected chi connectivity index (χ1v) is 12.0. The van der Waals surface area contributed by atoms with Crippen molar-refractivity contribution in [2.45, 2.75) is 0 Å². The van der Waals surface area contributed by atoms with Crippen LogP contribution in [0.5, 0.6) is 17.2 Å². The zero-order chi connectivity index (χ0) is 23.3. The van der Waals surface area contributed by atoms with Gasteiger partial charge < -0.3 is 30.0 Å². The minimum Gasteiger partial charge on any atom is -0.492 e. The summed E-state index contributed by atoms with van der Waals surface area (Å²) in [5.41, 5.74) is 7.37. The molecule has 178 valence electrons. The molecule has 1 saturated heterocycles. The summed E-state index contributed by atoms with van der Waals surface area (Å²) in [5, 5.41) is 3.75. The fraction of sp³-hybridized carbons (Fsp3) is 0.333. The number of fused-ring (bicyclic) bond motifs is 1. The number of anilines is 3. The van der Waals surface area contributed by atoms with E-state index in [1.807, 2.05) is 24.3 Å². The Bertz CT molecular complexity index is 1140. The van der Waals surface area contributed by atoms with Crippen molar-refractivity contribution in [3.63, 3.8) is 0 Å². The van der Waals surface area contributed by atoms with Crippen LogP contribution < -0.4 is 25.3 Å². The molecule has 2 aromatic carbocycles. The van der Waals surface area contributed by atoms with Gasteiger partial charge in [-0.3, -0.25) is 9.69 Å². The van der Waals surface area contributed by atoms with Crippen LogP contribution in [0.3, 0.4) is 0 Å². The van der Waals surface area contributed by atoms with Crippen LogP contribution in [-0.4, -0.2) is 68.3 Å². The van der Waals surface area contributed by atoms with Crippen LogP contribution in [0.2, 0.25) is 0 Å². The second-order valence-corrected chi connectivity index (χ2v) is 8.87. The molecule has 0 atom stereocenters. The molecule has 34 heavy (non-hydrogen) atoms. The Hall–Kier alpha value is -3.34. The van der Waals surface area contributed by atoms with Crippen LogP contribution in [-0.2, 0) is 4.74 Å². The third kappa shape index (κ3) is 5.24. The molecule has 0 aliphatic carbocycles. The van der Waals surface area contributed by atoms with Crippen LogP contribution >= 0.6 is 11.3 Å². The SMILES string of the molecule is Nc1nc(Nc2ccc(OCCN3CCOCC3)cc2)sc1C(=O)c1ccc2c(c1)OCCO2. The van der Waals surface area contributed by atoms with E-state index >= 15 is 0 Å². The average molecular weight is 483 g/mol. The maximum absolute atomic E-state index is 13.0. The fourth-order valence-corrected chi connectivity index (χ4v) is 4.61. The lowest BCUT2D eigenvalue weighted by Crippen LogP contribution is -2.38. The molecule has 0 amide bonds. The summed E-state index contributed by atoms with van der Waals surface area (Å²) in [4.78, 5) is 20.0. The van der Waals surface area contributed by atoms with Crippen molar-refractivity contribution in [2.24, 2.45) is 0 Å². The van der Waals surface area contributed by atoms with E-state index in [1.165, 1.54) is 11.3 Å². The van der Waals surface area contributed by atoms with Crippen LogP contribution in [0, 0.1) is 0 Å². The predicted molar refractivity (Wildman–Crippen MR) is 130 cm³/mol. The molecular formula is C24H26N4O5S. The second-order valence-electron chi connectivity index (χ2n) is 7.87. The van der Waals surface area contributed by atoms with E-state index in [0.717, 1.165) is 44.3 Å². The summed E-state index contributed by atoms with van der Waals surface area (Å²) in [6.07, 6.45) is 0. The number of hydrogen-bond acceptors (Lipinski definition) is 10. The summed E-state index contributed by atoms with van der Waals surface area (Å²) in [7, 11) is 0. The zero-order valence-corrected chi connectivity index (χ0v) is 19.4. The van der Waals surface area contributed by atoms with Gasteiger partial charge in [0.15, 0.2) is 16.6 Å². The molecule has 0 radical (unpaired) electrons. The normalized spacial score (nSPS) is 15.6. The summed E-state index contributed by atoms with van der Waals surface area (Å²) >= 11 is 1.21. The first-order valence-electron chi connectivity index (χ1n) is 11.2. The summed E-state index contributed by atoms with van der Waals surface area (Å²) in [5.74, 6) is 1.98. The third-order valence-corrected chi connectivity index (χ3v) is 6.53. The van der Waals surface area contributed by atoms with Crippen molar-refractivity contribution in [3.05, 3.63) is 52.9 Å². The number of carbonyl (C=O) groups is 1. The highest BCUT2D eigenvalue weighted by Crippen LogP contribution is 2.34. The van der Waals surface area contributed by atoms with Crippen LogP contribution in [0.15, 0.2) is 42.5 Å². The second kappa shape index (κ2) is 10.3. The predicted octanol–water partition coefficient (Wildman–Crippen LogP) is 3.18. The number of ketones is 1. The quantitative estimate of drug-likeness (QED) is 0.468. The Kier molecular flexibility index (Phi) is 6.79. The van der Waals surface area contributed by atoms with Crippen molar-refractivity contribution < 1.29 is 23.7 Å². The van der Waals surface area contributed by atoms with Gasteiger partial charge in [-0.1, -0.05) is 11.3 Å². The summed E-state index contributed by atoms with van der Waals surface area (Å²) < 4.78 is 22.3. The fourth-order valence-electron chi connectivity index (χ4n) is 3.74. The largest absolute Gasteiger partial charge is 0.492 e. The Balaban J connectivity index is 1.19. The summed E-state index contributed by atoms with van der Waals surface area (Å²) in [6, 6.07) is 12.7. The molecule has 0 unspecified atom stereocenters. The topological polar surface area (TPSA) is 108 Å². The van der Waals surface area contributed by atoms with Gasteiger partial charge in [-0.05, 0) is 42.5 Å². The number of rotatable bonds is 8. The van der Waals surface area contributed by atoms with Gasteiger partial charge >= 0.3 is 0 Å². The minimum absolute atomic E-state index is 0.190. The van der Waals surface area contributed by atoms with Gasteiger partial charge in [0.1, 0.15) is 36.3 Å². The highest BCUT2D eigenvalue weighted by atomic mass is 32.1. The number of thiazole rings is 1. The number of nitrogens with zero attached hydrogens (tertiary/aromatic N) is 2. The van der Waals surface area contributed by atoms with Crippen molar-refractivity contribution in [3.8, 4) is 17.2 Å². The minimum atomic E-state index is -0.205. The Morgan fingerprint density at radius 2 is 1.82 bits per heavy atom. The van der Waals surface area contributed by atoms with E-state index in [1.54, 1.807) is 18.2 Å². The number of aromatic nitrogens is 1. The van der Waals surface area contributed by atoms with Crippen molar-refractivity contribution in [1.82, 2.24) is 9.88 Å². The Morgan fingerprint density at radius 1 is 1.06 bits per heavy atom. The van der Waals surface area contributed by atoms with Crippen LogP contribution in [0.25, 0.3) is 0 Å². The molecule has 1 fully saturated rings. The van der Waals surface area contributed by atoms with Gasteiger partial charge in [-0.2, -0.15) is 0 Å². The standard InChI is InChI=1S/C24H26N4O5S/c25-23-22(21(29)16-1-6-19-20(15-16)33-14-13-32-19)34-24(27-23)26-17-2-4-18(5-3-17)31-12-9-28-7-10-30-11-8-28/h1-6,15H,7-14,25H2,(H,26,27). The highest BCUT2D eigenvalue weighted by Gasteiger charge is 2.21. The molecule has 1 aromatic heterocycles. The number of hydrogen-bond donors (Lipinski definition) is 2. The maximum atomic E-state index is 13.0. The van der Waals surface area contributed by atoms with E-state index in [0.29, 0.717) is 46.9 Å². The maximum Gasteiger partial charge on any atom is 0.206 e. The van der Waals surface area contributed by atoms with Gasteiger partial charge in [-0.25, -0.2) is 4.98 Å². The molecule has 2 aliphatic heterocycles. The first-order chi connectivity index (χ1) is 16.7. The zero-order valence-electron chi connectivity index (χ0n) is 18.6. The van der Waals surface area contributed by atoms with Gasteiger partial charge in [0.2, 0.25) is 5.78 Å². The average Bonchev–Trinajstić information content (AvgIpc) is 3.24. The molecule has 3 aromatic rings. The molecule has 9 nitrogen and oxygen atoms in total. The molecule has 3 N–H and O–H groups in total. The van der Waals surface area contributed by atoms with Crippen LogP contribution in [0.1, 0.15) is 15.2 Å². The lowest BCUT2D eigenvalue weighted by Gasteiger charge is -2.26. The molecule has 10 heteroatoms. The van der Waals surface area contributed by atoms with Crippen molar-refractivity contribution in [2.75, 3.05) is 63.7 Å². The van der Waals surface area contributed by atoms with E-state index in [4.69, 9.17) is 24.7 Å². The van der Waals surface area contributed by atoms with Gasteiger partial charge in [0, 0.05) is 30.9 Å². The lowest BCUT2D eigenvalue weighted by atomic mass is 10.1. The van der Waals surface area contributed by atoms with Gasteiger partial charge in [-0.15, -0.1) is 0 Å². The number of benzene rings is 2. The Labute approximate surface area is 201 Å². The number of morpholine rings is 1. The number of carbonyl (C=O) groups excluding carboxylic acids is 1. The van der Waals surface area contributed by atoms with Crippen molar-refractivity contribution in [1.29, 1.82) is 0 Å². The monoisotopic (exact) mass is 482 g/mol. The van der Waals surface area contributed by atoms with Gasteiger partial charge in [0.25, 0.3) is 0 Å². The van der Waals surface area contributed by atoms with E-state index in [-0.39, 0.29) is 11.6 Å². The van der Waals surface area contributed by atoms with E-state index in [2.05, 4.69) is 15.2 Å².